The van der Waals surface area contributed by atoms with E-state index in [0.717, 1.165) is 12.5 Å². The third-order valence-electron chi connectivity index (χ3n) is 3.63. The van der Waals surface area contributed by atoms with E-state index in [9.17, 15) is 0 Å². The zero-order chi connectivity index (χ0) is 12.3. The maximum absolute atomic E-state index is 3.56. The normalized spacial score (nSPS) is 25.4. The molecule has 1 heterocycles. The average Bonchev–Trinajstić information content (AvgIpc) is 2.28. The molecule has 0 saturated carbocycles. The predicted molar refractivity (Wildman–Crippen MR) is 75.1 cm³/mol. The summed E-state index contributed by atoms with van der Waals surface area (Å²) in [5.41, 5.74) is 4.05. The van der Waals surface area contributed by atoms with Crippen molar-refractivity contribution in [2.24, 2.45) is 5.92 Å². The Hall–Kier alpha value is -1.08. The number of piperidine rings is 1. The Morgan fingerprint density at radius 3 is 2.82 bits per heavy atom. The van der Waals surface area contributed by atoms with E-state index in [0.29, 0.717) is 6.04 Å². The summed E-state index contributed by atoms with van der Waals surface area (Å²) in [4.78, 5) is 0. The first-order valence-corrected chi connectivity index (χ1v) is 6.64. The molecule has 0 amide bonds. The second-order valence-corrected chi connectivity index (χ2v) is 5.41. The van der Waals surface area contributed by atoms with Crippen LogP contribution in [-0.2, 0) is 0 Å². The van der Waals surface area contributed by atoms with Crippen molar-refractivity contribution in [2.75, 3.05) is 6.54 Å². The van der Waals surface area contributed by atoms with Crippen LogP contribution in [0, 0.1) is 19.8 Å². The van der Waals surface area contributed by atoms with E-state index >= 15 is 0 Å². The van der Waals surface area contributed by atoms with Crippen molar-refractivity contribution >= 4 is 6.08 Å². The molecule has 1 N–H and O–H groups in total. The van der Waals surface area contributed by atoms with Crippen LogP contribution in [0.2, 0.25) is 0 Å². The van der Waals surface area contributed by atoms with Crippen molar-refractivity contribution in [1.82, 2.24) is 5.32 Å². The van der Waals surface area contributed by atoms with Gasteiger partial charge in [-0.3, -0.25) is 0 Å². The van der Waals surface area contributed by atoms with E-state index in [-0.39, 0.29) is 0 Å². The quantitative estimate of drug-likeness (QED) is 0.815. The van der Waals surface area contributed by atoms with Crippen molar-refractivity contribution < 1.29 is 0 Å². The van der Waals surface area contributed by atoms with Gasteiger partial charge in [-0.25, -0.2) is 0 Å². The number of aryl methyl sites for hydroxylation is 2. The van der Waals surface area contributed by atoms with Gasteiger partial charge in [0, 0.05) is 6.04 Å². The third-order valence-corrected chi connectivity index (χ3v) is 3.63. The molecular weight excluding hydrogens is 206 g/mol. The van der Waals surface area contributed by atoms with E-state index < -0.39 is 0 Å². The summed E-state index contributed by atoms with van der Waals surface area (Å²) in [7, 11) is 0. The minimum atomic E-state index is 0.555. The van der Waals surface area contributed by atoms with Gasteiger partial charge in [-0.05, 0) is 50.3 Å². The maximum Gasteiger partial charge on any atom is 0.0255 e. The van der Waals surface area contributed by atoms with Gasteiger partial charge in [-0.2, -0.15) is 0 Å². The molecule has 2 unspecified atom stereocenters. The monoisotopic (exact) mass is 229 g/mol. The van der Waals surface area contributed by atoms with Crippen LogP contribution in [0.4, 0.5) is 0 Å². The SMILES string of the molecule is Cc1ccc(/C=C/C2CC(C)CCN2)c(C)c1. The first-order chi connectivity index (χ1) is 8.15. The van der Waals surface area contributed by atoms with Crippen LogP contribution < -0.4 is 5.32 Å². The smallest absolute Gasteiger partial charge is 0.0255 e. The molecule has 1 aliphatic heterocycles. The topological polar surface area (TPSA) is 12.0 Å². The molecule has 1 aromatic carbocycles. The summed E-state index contributed by atoms with van der Waals surface area (Å²) >= 11 is 0. The molecule has 1 fully saturated rings. The van der Waals surface area contributed by atoms with Crippen molar-refractivity contribution in [2.45, 2.75) is 39.7 Å². The van der Waals surface area contributed by atoms with Crippen LogP contribution in [0.3, 0.4) is 0 Å². The van der Waals surface area contributed by atoms with Gasteiger partial charge >= 0.3 is 0 Å². The van der Waals surface area contributed by atoms with Crippen molar-refractivity contribution in [3.05, 3.63) is 41.0 Å². The zero-order valence-electron chi connectivity index (χ0n) is 11.2. The van der Waals surface area contributed by atoms with Gasteiger partial charge in [-0.1, -0.05) is 42.8 Å². The predicted octanol–water partition coefficient (Wildman–Crippen LogP) is 3.70. The average molecular weight is 229 g/mol. The van der Waals surface area contributed by atoms with E-state index in [1.165, 1.54) is 29.5 Å². The third kappa shape index (κ3) is 3.44. The lowest BCUT2D eigenvalue weighted by molar-refractivity contribution is 0.357. The highest BCUT2D eigenvalue weighted by molar-refractivity contribution is 5.54. The highest BCUT2D eigenvalue weighted by Gasteiger charge is 2.15. The minimum Gasteiger partial charge on any atom is -0.310 e. The molecule has 1 aliphatic rings. The number of rotatable bonds is 2. The van der Waals surface area contributed by atoms with Crippen LogP contribution in [0.25, 0.3) is 6.08 Å². The fourth-order valence-electron chi connectivity index (χ4n) is 2.53. The second-order valence-electron chi connectivity index (χ2n) is 5.41. The first-order valence-electron chi connectivity index (χ1n) is 6.64. The summed E-state index contributed by atoms with van der Waals surface area (Å²) in [5, 5.41) is 3.56. The molecule has 0 bridgehead atoms. The van der Waals surface area contributed by atoms with Crippen LogP contribution in [-0.4, -0.2) is 12.6 Å². The first kappa shape index (κ1) is 12.4. The Morgan fingerprint density at radius 1 is 1.29 bits per heavy atom. The number of hydrogen-bond acceptors (Lipinski definition) is 1. The molecule has 2 rings (SSSR count). The summed E-state index contributed by atoms with van der Waals surface area (Å²) in [6.45, 7) is 7.83. The molecule has 0 aromatic heterocycles. The van der Waals surface area contributed by atoms with E-state index in [2.05, 4.69) is 56.4 Å². The van der Waals surface area contributed by atoms with Crippen molar-refractivity contribution in [3.63, 3.8) is 0 Å². The summed E-state index contributed by atoms with van der Waals surface area (Å²) in [5.74, 6) is 0.852. The molecule has 1 heteroatoms. The lowest BCUT2D eigenvalue weighted by Gasteiger charge is -2.25. The van der Waals surface area contributed by atoms with E-state index in [4.69, 9.17) is 0 Å². The summed E-state index contributed by atoms with van der Waals surface area (Å²) in [6, 6.07) is 7.20. The molecule has 2 atom stereocenters. The lowest BCUT2D eigenvalue weighted by atomic mass is 9.93. The molecule has 0 aliphatic carbocycles. The Balaban J connectivity index is 2.04. The molecule has 17 heavy (non-hydrogen) atoms. The van der Waals surface area contributed by atoms with E-state index in [1.54, 1.807) is 0 Å². The molecule has 92 valence electrons. The van der Waals surface area contributed by atoms with Crippen LogP contribution in [0.15, 0.2) is 24.3 Å². The molecule has 1 saturated heterocycles. The summed E-state index contributed by atoms with van der Waals surface area (Å²) < 4.78 is 0. The lowest BCUT2D eigenvalue weighted by Crippen LogP contribution is -2.35. The Bertz CT molecular complexity index is 406. The Morgan fingerprint density at radius 2 is 2.12 bits per heavy atom. The maximum atomic E-state index is 3.56. The van der Waals surface area contributed by atoms with Crippen LogP contribution >= 0.6 is 0 Å². The number of benzene rings is 1. The van der Waals surface area contributed by atoms with Crippen molar-refractivity contribution in [3.8, 4) is 0 Å². The van der Waals surface area contributed by atoms with Gasteiger partial charge in [0.05, 0.1) is 0 Å². The van der Waals surface area contributed by atoms with Gasteiger partial charge in [0.1, 0.15) is 0 Å². The Labute approximate surface area is 105 Å². The van der Waals surface area contributed by atoms with Gasteiger partial charge in [0.2, 0.25) is 0 Å². The van der Waals surface area contributed by atoms with Crippen molar-refractivity contribution in [1.29, 1.82) is 0 Å². The van der Waals surface area contributed by atoms with Gasteiger partial charge < -0.3 is 5.32 Å². The standard InChI is InChI=1S/C16H23N/c1-12-4-5-15(14(3)10-12)6-7-16-11-13(2)8-9-17-16/h4-7,10,13,16-17H,8-9,11H2,1-3H3/b7-6+. The van der Waals surface area contributed by atoms with Crippen LogP contribution in [0.1, 0.15) is 36.5 Å². The second kappa shape index (κ2) is 5.50. The van der Waals surface area contributed by atoms with Gasteiger partial charge in [-0.15, -0.1) is 0 Å². The number of hydrogen-bond donors (Lipinski definition) is 1. The highest BCUT2D eigenvalue weighted by atomic mass is 14.9. The zero-order valence-corrected chi connectivity index (χ0v) is 11.2. The molecule has 0 spiro atoms. The number of nitrogens with one attached hydrogen (secondary N) is 1. The molecule has 1 aromatic rings. The molecule has 1 nitrogen and oxygen atoms in total. The van der Waals surface area contributed by atoms with Crippen LogP contribution in [0.5, 0.6) is 0 Å². The summed E-state index contributed by atoms with van der Waals surface area (Å²) in [6.07, 6.45) is 7.17. The fourth-order valence-corrected chi connectivity index (χ4v) is 2.53. The fraction of sp³-hybridized carbons (Fsp3) is 0.500. The minimum absolute atomic E-state index is 0.555. The Kier molecular flexibility index (Phi) is 4.01. The van der Waals surface area contributed by atoms with Gasteiger partial charge in [0.25, 0.3) is 0 Å². The largest absolute Gasteiger partial charge is 0.310 e. The van der Waals surface area contributed by atoms with Gasteiger partial charge in [0.15, 0.2) is 0 Å². The molecular formula is C16H23N. The molecule has 0 radical (unpaired) electrons. The van der Waals surface area contributed by atoms with E-state index in [1.807, 2.05) is 0 Å². The highest BCUT2D eigenvalue weighted by Crippen LogP contribution is 2.18.